The first kappa shape index (κ1) is 22.9. The average Bonchev–Trinajstić information content (AvgIpc) is 2.74. The summed E-state index contributed by atoms with van der Waals surface area (Å²) in [6.07, 6.45) is 0.836. The van der Waals surface area contributed by atoms with Crippen molar-refractivity contribution in [2.75, 3.05) is 44.6 Å². The van der Waals surface area contributed by atoms with Gasteiger partial charge in [0.05, 0.1) is 19.1 Å². The van der Waals surface area contributed by atoms with Gasteiger partial charge >= 0.3 is 0 Å². The summed E-state index contributed by atoms with van der Waals surface area (Å²) in [5, 5.41) is 5.86. The summed E-state index contributed by atoms with van der Waals surface area (Å²) in [5.41, 5.74) is 2.78. The number of hydrogen-bond donors (Lipinski definition) is 2. The fourth-order valence-corrected chi connectivity index (χ4v) is 3.74. The molecule has 0 bridgehead atoms. The molecule has 1 aliphatic rings. The van der Waals surface area contributed by atoms with Crippen molar-refractivity contribution < 1.29 is 14.0 Å². The third-order valence-electron chi connectivity index (χ3n) is 5.53. The molecule has 2 aromatic carbocycles. The van der Waals surface area contributed by atoms with Gasteiger partial charge in [-0.1, -0.05) is 42.8 Å². The van der Waals surface area contributed by atoms with Gasteiger partial charge in [0, 0.05) is 31.9 Å². The number of amides is 2. The standard InChI is InChI=1S/C24H31FN4O2/c1-3-22(19-9-7-18(2)8-10-19)27-24(31)17-29-13-11-28(12-14-29)16-23(30)26-21-6-4-5-20(25)15-21/h4-10,15,22H,3,11-14,16-17H2,1-2H3,(H,26,30)(H,27,31)/t22-/m1/s1. The zero-order chi connectivity index (χ0) is 22.2. The van der Waals surface area contributed by atoms with Crippen LogP contribution < -0.4 is 10.6 Å². The topological polar surface area (TPSA) is 64.7 Å². The molecule has 0 saturated carbocycles. The normalized spacial score (nSPS) is 16.0. The predicted molar refractivity (Wildman–Crippen MR) is 120 cm³/mol. The van der Waals surface area contributed by atoms with Crippen LogP contribution in [0.1, 0.15) is 30.5 Å². The van der Waals surface area contributed by atoms with Crippen molar-refractivity contribution in [1.82, 2.24) is 15.1 Å². The van der Waals surface area contributed by atoms with E-state index in [1.165, 1.54) is 17.7 Å². The number of hydrogen-bond acceptors (Lipinski definition) is 4. The van der Waals surface area contributed by atoms with Crippen LogP contribution in [-0.4, -0.2) is 60.9 Å². The van der Waals surface area contributed by atoms with E-state index in [9.17, 15) is 14.0 Å². The molecule has 0 aromatic heterocycles. The highest BCUT2D eigenvalue weighted by molar-refractivity contribution is 5.92. The van der Waals surface area contributed by atoms with Crippen molar-refractivity contribution in [3.63, 3.8) is 0 Å². The third kappa shape index (κ3) is 7.15. The van der Waals surface area contributed by atoms with E-state index in [1.807, 2.05) is 11.8 Å². The first-order valence-electron chi connectivity index (χ1n) is 10.8. The molecular formula is C24H31FN4O2. The number of halogens is 1. The lowest BCUT2D eigenvalue weighted by Gasteiger charge is -2.34. The van der Waals surface area contributed by atoms with Gasteiger partial charge in [0.25, 0.3) is 0 Å². The third-order valence-corrected chi connectivity index (χ3v) is 5.53. The van der Waals surface area contributed by atoms with Crippen LogP contribution >= 0.6 is 0 Å². The molecule has 0 aliphatic carbocycles. The summed E-state index contributed by atoms with van der Waals surface area (Å²) in [7, 11) is 0. The molecule has 1 fully saturated rings. The van der Waals surface area contributed by atoms with Crippen LogP contribution in [0.4, 0.5) is 10.1 Å². The Morgan fingerprint density at radius 3 is 2.16 bits per heavy atom. The fourth-order valence-electron chi connectivity index (χ4n) is 3.74. The Balaban J connectivity index is 1.40. The minimum atomic E-state index is -0.377. The first-order chi connectivity index (χ1) is 14.9. The van der Waals surface area contributed by atoms with Gasteiger partial charge < -0.3 is 10.6 Å². The van der Waals surface area contributed by atoms with Gasteiger partial charge in [0.1, 0.15) is 5.82 Å². The quantitative estimate of drug-likeness (QED) is 0.681. The smallest absolute Gasteiger partial charge is 0.238 e. The monoisotopic (exact) mass is 426 g/mol. The van der Waals surface area contributed by atoms with E-state index in [-0.39, 0.29) is 30.2 Å². The Hall–Kier alpha value is -2.77. The molecule has 1 atom stereocenters. The highest BCUT2D eigenvalue weighted by Gasteiger charge is 2.22. The summed E-state index contributed by atoms with van der Waals surface area (Å²) in [5.74, 6) is -0.525. The second-order valence-electron chi connectivity index (χ2n) is 8.05. The maximum Gasteiger partial charge on any atom is 0.238 e. The van der Waals surface area contributed by atoms with Crippen molar-refractivity contribution in [1.29, 1.82) is 0 Å². The summed E-state index contributed by atoms with van der Waals surface area (Å²) in [6, 6.07) is 14.1. The Morgan fingerprint density at radius 1 is 0.968 bits per heavy atom. The van der Waals surface area contributed by atoms with Gasteiger partial charge in [-0.2, -0.15) is 0 Å². The molecule has 0 unspecified atom stereocenters. The molecule has 0 spiro atoms. The molecule has 0 radical (unpaired) electrons. The molecule has 2 N–H and O–H groups in total. The van der Waals surface area contributed by atoms with Gasteiger partial charge in [-0.05, 0) is 37.1 Å². The second kappa shape index (κ2) is 11.0. The summed E-state index contributed by atoms with van der Waals surface area (Å²) < 4.78 is 13.2. The second-order valence-corrected chi connectivity index (χ2v) is 8.05. The Morgan fingerprint density at radius 2 is 1.58 bits per heavy atom. The van der Waals surface area contributed by atoms with E-state index in [4.69, 9.17) is 0 Å². The van der Waals surface area contributed by atoms with E-state index in [0.29, 0.717) is 25.3 Å². The maximum absolute atomic E-state index is 13.2. The highest BCUT2D eigenvalue weighted by Crippen LogP contribution is 2.17. The largest absolute Gasteiger partial charge is 0.348 e. The molecule has 166 valence electrons. The number of carbonyl (C=O) groups is 2. The predicted octanol–water partition coefficient (Wildman–Crippen LogP) is 2.96. The van der Waals surface area contributed by atoms with Crippen molar-refractivity contribution >= 4 is 17.5 Å². The van der Waals surface area contributed by atoms with Crippen LogP contribution in [0, 0.1) is 12.7 Å². The lowest BCUT2D eigenvalue weighted by atomic mass is 10.0. The van der Waals surface area contributed by atoms with Gasteiger partial charge in [-0.25, -0.2) is 4.39 Å². The van der Waals surface area contributed by atoms with Gasteiger partial charge in [-0.3, -0.25) is 19.4 Å². The number of anilines is 1. The number of benzene rings is 2. The Labute approximate surface area is 183 Å². The maximum atomic E-state index is 13.2. The van der Waals surface area contributed by atoms with Gasteiger partial charge in [0.15, 0.2) is 0 Å². The van der Waals surface area contributed by atoms with E-state index in [1.54, 1.807) is 12.1 Å². The van der Waals surface area contributed by atoms with E-state index >= 15 is 0 Å². The van der Waals surface area contributed by atoms with E-state index in [2.05, 4.69) is 46.7 Å². The summed E-state index contributed by atoms with van der Waals surface area (Å²) in [6.45, 7) is 7.59. The number of nitrogens with one attached hydrogen (secondary N) is 2. The molecule has 1 saturated heterocycles. The molecule has 31 heavy (non-hydrogen) atoms. The zero-order valence-electron chi connectivity index (χ0n) is 18.2. The van der Waals surface area contributed by atoms with Crippen molar-refractivity contribution in [2.24, 2.45) is 0 Å². The number of rotatable bonds is 8. The zero-order valence-corrected chi connectivity index (χ0v) is 18.2. The molecule has 6 nitrogen and oxygen atoms in total. The lowest BCUT2D eigenvalue weighted by Crippen LogP contribution is -2.51. The Bertz CT molecular complexity index is 879. The molecule has 7 heteroatoms. The average molecular weight is 427 g/mol. The number of nitrogens with zero attached hydrogens (tertiary/aromatic N) is 2. The van der Waals surface area contributed by atoms with Crippen LogP contribution in [0.5, 0.6) is 0 Å². The van der Waals surface area contributed by atoms with Crippen LogP contribution in [-0.2, 0) is 9.59 Å². The molecule has 1 heterocycles. The van der Waals surface area contributed by atoms with Gasteiger partial charge in [0.2, 0.25) is 11.8 Å². The van der Waals surface area contributed by atoms with Gasteiger partial charge in [-0.15, -0.1) is 0 Å². The number of piperazine rings is 1. The van der Waals surface area contributed by atoms with E-state index < -0.39 is 0 Å². The lowest BCUT2D eigenvalue weighted by molar-refractivity contribution is -0.124. The molecular weight excluding hydrogens is 395 g/mol. The highest BCUT2D eigenvalue weighted by atomic mass is 19.1. The van der Waals surface area contributed by atoms with Crippen LogP contribution in [0.15, 0.2) is 48.5 Å². The SMILES string of the molecule is CC[C@@H](NC(=O)CN1CCN(CC(=O)Nc2cccc(F)c2)CC1)c1ccc(C)cc1. The molecule has 2 aromatic rings. The Kier molecular flexibility index (Phi) is 8.14. The van der Waals surface area contributed by atoms with Crippen LogP contribution in [0.2, 0.25) is 0 Å². The molecule has 2 amide bonds. The van der Waals surface area contributed by atoms with Crippen molar-refractivity contribution in [3.05, 3.63) is 65.5 Å². The number of carbonyl (C=O) groups excluding carboxylic acids is 2. The summed E-state index contributed by atoms with van der Waals surface area (Å²) >= 11 is 0. The minimum Gasteiger partial charge on any atom is -0.348 e. The molecule has 3 rings (SSSR count). The van der Waals surface area contributed by atoms with Crippen molar-refractivity contribution in [3.8, 4) is 0 Å². The molecule has 1 aliphatic heterocycles. The number of aryl methyl sites for hydroxylation is 1. The van der Waals surface area contributed by atoms with Crippen LogP contribution in [0.3, 0.4) is 0 Å². The van der Waals surface area contributed by atoms with E-state index in [0.717, 1.165) is 25.1 Å². The van der Waals surface area contributed by atoms with Crippen LogP contribution in [0.25, 0.3) is 0 Å². The fraction of sp³-hybridized carbons (Fsp3) is 0.417. The first-order valence-corrected chi connectivity index (χ1v) is 10.8. The minimum absolute atomic E-state index is 0.0147. The summed E-state index contributed by atoms with van der Waals surface area (Å²) in [4.78, 5) is 28.9. The van der Waals surface area contributed by atoms with Crippen molar-refractivity contribution in [2.45, 2.75) is 26.3 Å².